The molecule has 1 N–H and O–H groups in total. The summed E-state index contributed by atoms with van der Waals surface area (Å²) in [5.74, 6) is 0. The molecule has 1 saturated carbocycles. The summed E-state index contributed by atoms with van der Waals surface area (Å²) in [4.78, 5) is 0. The molecule has 14 heavy (non-hydrogen) atoms. The monoisotopic (exact) mass is 197 g/mol. The van der Waals surface area contributed by atoms with Gasteiger partial charge in [0.2, 0.25) is 0 Å². The molecule has 0 aromatic rings. The van der Waals surface area contributed by atoms with Crippen molar-refractivity contribution in [2.45, 2.75) is 59.8 Å². The summed E-state index contributed by atoms with van der Waals surface area (Å²) < 4.78 is 0. The Morgan fingerprint density at radius 1 is 1.21 bits per heavy atom. The van der Waals surface area contributed by atoms with E-state index in [0.29, 0.717) is 10.8 Å². The maximum Gasteiger partial charge on any atom is 0.000781 e. The summed E-state index contributed by atoms with van der Waals surface area (Å²) in [5.41, 5.74) is 1.21. The van der Waals surface area contributed by atoms with Crippen LogP contribution in [0.3, 0.4) is 0 Å². The molecule has 0 heterocycles. The lowest BCUT2D eigenvalue weighted by atomic mass is 9.85. The smallest absolute Gasteiger partial charge is 0.000781 e. The molecule has 1 heteroatoms. The third-order valence-electron chi connectivity index (χ3n) is 3.29. The van der Waals surface area contributed by atoms with Crippen molar-refractivity contribution in [2.24, 2.45) is 10.8 Å². The van der Waals surface area contributed by atoms with Gasteiger partial charge in [-0.3, -0.25) is 0 Å². The summed E-state index contributed by atoms with van der Waals surface area (Å²) in [6, 6.07) is 0. The molecule has 1 rings (SSSR count). The second-order valence-electron chi connectivity index (χ2n) is 6.24. The Morgan fingerprint density at radius 3 is 2.29 bits per heavy atom. The van der Waals surface area contributed by atoms with Gasteiger partial charge in [-0.1, -0.05) is 27.7 Å². The van der Waals surface area contributed by atoms with Gasteiger partial charge < -0.3 is 5.32 Å². The predicted molar refractivity (Wildman–Crippen MR) is 63.5 cm³/mol. The largest absolute Gasteiger partial charge is 0.316 e. The summed E-state index contributed by atoms with van der Waals surface area (Å²) in [5, 5.41) is 3.57. The normalized spacial score (nSPS) is 19.7. The topological polar surface area (TPSA) is 12.0 Å². The molecule has 0 unspecified atom stereocenters. The van der Waals surface area contributed by atoms with E-state index in [1.165, 1.54) is 45.2 Å². The van der Waals surface area contributed by atoms with E-state index in [1.807, 2.05) is 0 Å². The second-order valence-corrected chi connectivity index (χ2v) is 6.24. The fraction of sp³-hybridized carbons (Fsp3) is 1.00. The number of nitrogens with one attached hydrogen (secondary N) is 1. The Balaban J connectivity index is 2.16. The molecule has 0 aromatic carbocycles. The van der Waals surface area contributed by atoms with Crippen molar-refractivity contribution in [1.29, 1.82) is 0 Å². The van der Waals surface area contributed by atoms with Gasteiger partial charge in [-0.05, 0) is 49.5 Å². The number of hydrogen-bond acceptors (Lipinski definition) is 1. The van der Waals surface area contributed by atoms with Gasteiger partial charge >= 0.3 is 0 Å². The van der Waals surface area contributed by atoms with Crippen molar-refractivity contribution in [3.05, 3.63) is 0 Å². The third-order valence-corrected chi connectivity index (χ3v) is 3.29. The van der Waals surface area contributed by atoms with E-state index in [9.17, 15) is 0 Å². The minimum atomic E-state index is 0.514. The van der Waals surface area contributed by atoms with Crippen molar-refractivity contribution in [2.75, 3.05) is 13.1 Å². The van der Waals surface area contributed by atoms with Gasteiger partial charge in [0.05, 0.1) is 0 Å². The van der Waals surface area contributed by atoms with Crippen molar-refractivity contribution in [3.63, 3.8) is 0 Å². The van der Waals surface area contributed by atoms with Crippen LogP contribution in [-0.2, 0) is 0 Å². The van der Waals surface area contributed by atoms with Crippen LogP contribution in [0.5, 0.6) is 0 Å². The quantitative estimate of drug-likeness (QED) is 0.642. The Morgan fingerprint density at radius 2 is 1.86 bits per heavy atom. The van der Waals surface area contributed by atoms with Crippen LogP contribution in [0.4, 0.5) is 0 Å². The highest BCUT2D eigenvalue weighted by Gasteiger charge is 2.41. The van der Waals surface area contributed by atoms with Gasteiger partial charge in [0.25, 0.3) is 0 Å². The average molecular weight is 197 g/mol. The molecule has 0 bridgehead atoms. The molecule has 1 aliphatic carbocycles. The summed E-state index contributed by atoms with van der Waals surface area (Å²) >= 11 is 0. The van der Waals surface area contributed by atoms with Gasteiger partial charge in [-0.2, -0.15) is 0 Å². The van der Waals surface area contributed by atoms with Crippen LogP contribution in [0, 0.1) is 10.8 Å². The molecule has 84 valence electrons. The fourth-order valence-corrected chi connectivity index (χ4v) is 1.86. The zero-order valence-corrected chi connectivity index (χ0v) is 10.4. The van der Waals surface area contributed by atoms with Crippen LogP contribution in [-0.4, -0.2) is 13.1 Å². The molecular weight excluding hydrogens is 170 g/mol. The van der Waals surface area contributed by atoms with E-state index in [1.54, 1.807) is 0 Å². The maximum absolute atomic E-state index is 3.57. The SMILES string of the molecule is CCCNCC1(CCC(C)(C)C)CC1. The van der Waals surface area contributed by atoms with Crippen LogP contribution >= 0.6 is 0 Å². The summed E-state index contributed by atoms with van der Waals surface area (Å²) in [7, 11) is 0. The molecule has 0 aliphatic heterocycles. The van der Waals surface area contributed by atoms with Gasteiger partial charge in [0.15, 0.2) is 0 Å². The Kier molecular flexibility index (Phi) is 4.00. The minimum Gasteiger partial charge on any atom is -0.316 e. The molecule has 0 saturated heterocycles. The van der Waals surface area contributed by atoms with Crippen molar-refractivity contribution < 1.29 is 0 Å². The summed E-state index contributed by atoms with van der Waals surface area (Å²) in [6.45, 7) is 11.7. The molecular formula is C13H27N. The maximum atomic E-state index is 3.57. The molecule has 1 nitrogen and oxygen atoms in total. The highest BCUT2D eigenvalue weighted by atomic mass is 14.9. The molecule has 1 aliphatic rings. The van der Waals surface area contributed by atoms with E-state index in [0.717, 1.165) is 0 Å². The third kappa shape index (κ3) is 4.45. The zero-order valence-electron chi connectivity index (χ0n) is 10.4. The minimum absolute atomic E-state index is 0.514. The molecule has 1 fully saturated rings. The van der Waals surface area contributed by atoms with Crippen LogP contribution in [0.25, 0.3) is 0 Å². The number of hydrogen-bond donors (Lipinski definition) is 1. The van der Waals surface area contributed by atoms with Gasteiger partial charge in [0, 0.05) is 6.54 Å². The molecule has 0 radical (unpaired) electrons. The standard InChI is InChI=1S/C13H27N/c1-5-10-14-11-13(8-9-13)7-6-12(2,3)4/h14H,5-11H2,1-4H3. The first kappa shape index (κ1) is 12.0. The predicted octanol–water partition coefficient (Wildman–Crippen LogP) is 3.59. The van der Waals surface area contributed by atoms with Crippen molar-refractivity contribution in [1.82, 2.24) is 5.32 Å². The Hall–Kier alpha value is -0.0400. The van der Waals surface area contributed by atoms with E-state index in [4.69, 9.17) is 0 Å². The molecule has 0 spiro atoms. The van der Waals surface area contributed by atoms with Crippen molar-refractivity contribution >= 4 is 0 Å². The average Bonchev–Trinajstić information content (AvgIpc) is 2.82. The molecule has 0 aromatic heterocycles. The Labute approximate surface area is 89.7 Å². The first-order valence-corrected chi connectivity index (χ1v) is 6.18. The highest BCUT2D eigenvalue weighted by molar-refractivity contribution is 4.95. The zero-order chi connectivity index (χ0) is 10.7. The van der Waals surface area contributed by atoms with Crippen LogP contribution < -0.4 is 5.32 Å². The van der Waals surface area contributed by atoms with E-state index >= 15 is 0 Å². The van der Waals surface area contributed by atoms with E-state index < -0.39 is 0 Å². The van der Waals surface area contributed by atoms with Gasteiger partial charge in [0.1, 0.15) is 0 Å². The molecule has 0 atom stereocenters. The number of rotatable bonds is 6. The first-order valence-electron chi connectivity index (χ1n) is 6.18. The first-order chi connectivity index (χ1) is 6.47. The van der Waals surface area contributed by atoms with Crippen molar-refractivity contribution in [3.8, 4) is 0 Å². The van der Waals surface area contributed by atoms with E-state index in [-0.39, 0.29) is 0 Å². The van der Waals surface area contributed by atoms with Crippen LogP contribution in [0.2, 0.25) is 0 Å². The summed E-state index contributed by atoms with van der Waals surface area (Å²) in [6.07, 6.45) is 6.98. The van der Waals surface area contributed by atoms with Gasteiger partial charge in [-0.25, -0.2) is 0 Å². The Bertz CT molecular complexity index is 163. The van der Waals surface area contributed by atoms with Crippen LogP contribution in [0.15, 0.2) is 0 Å². The molecule has 0 amide bonds. The lowest BCUT2D eigenvalue weighted by Crippen LogP contribution is -2.25. The fourth-order valence-electron chi connectivity index (χ4n) is 1.86. The van der Waals surface area contributed by atoms with Crippen LogP contribution in [0.1, 0.15) is 59.8 Å². The highest BCUT2D eigenvalue weighted by Crippen LogP contribution is 2.50. The second kappa shape index (κ2) is 4.65. The van der Waals surface area contributed by atoms with Gasteiger partial charge in [-0.15, -0.1) is 0 Å². The lowest BCUT2D eigenvalue weighted by molar-refractivity contribution is 0.303. The lowest BCUT2D eigenvalue weighted by Gasteiger charge is -2.23. The van der Waals surface area contributed by atoms with E-state index in [2.05, 4.69) is 33.0 Å².